The van der Waals surface area contributed by atoms with Crippen LogP contribution in [0.1, 0.15) is 32.8 Å². The molecule has 2 rings (SSSR count). The van der Waals surface area contributed by atoms with Gasteiger partial charge in [-0.15, -0.1) is 5.92 Å². The number of benzene rings is 2. The summed E-state index contributed by atoms with van der Waals surface area (Å²) in [5.74, 6) is 6.54. The average molecular weight is 320 g/mol. The SMILES string of the molecule is CC#Cc1ccc(-c2ccc(N(C)CC(N)[C@@H](C)CC)cc2)cc1. The predicted octanol–water partition coefficient (Wildman–Crippen LogP) is 4.53. The lowest BCUT2D eigenvalue weighted by Crippen LogP contribution is -2.39. The second kappa shape index (κ2) is 8.57. The van der Waals surface area contributed by atoms with Crippen LogP contribution in [-0.4, -0.2) is 19.6 Å². The van der Waals surface area contributed by atoms with Crippen molar-refractivity contribution in [1.82, 2.24) is 0 Å². The lowest BCUT2D eigenvalue weighted by Gasteiger charge is -2.26. The highest BCUT2D eigenvalue weighted by molar-refractivity contribution is 5.67. The molecule has 0 amide bonds. The molecule has 2 heteroatoms. The van der Waals surface area contributed by atoms with E-state index >= 15 is 0 Å². The number of likely N-dealkylation sites (N-methyl/N-ethyl adjacent to an activating group) is 1. The molecule has 0 aliphatic rings. The Morgan fingerprint density at radius 2 is 1.54 bits per heavy atom. The maximum Gasteiger partial charge on any atom is 0.0364 e. The van der Waals surface area contributed by atoms with Gasteiger partial charge in [-0.2, -0.15) is 0 Å². The van der Waals surface area contributed by atoms with Crippen LogP contribution in [0.2, 0.25) is 0 Å². The Hall–Kier alpha value is -2.24. The molecule has 126 valence electrons. The maximum absolute atomic E-state index is 6.27. The number of hydrogen-bond acceptors (Lipinski definition) is 2. The Morgan fingerprint density at radius 3 is 2.04 bits per heavy atom. The van der Waals surface area contributed by atoms with Gasteiger partial charge in [0.15, 0.2) is 0 Å². The van der Waals surface area contributed by atoms with Crippen molar-refractivity contribution in [2.45, 2.75) is 33.2 Å². The normalized spacial score (nSPS) is 12.9. The van der Waals surface area contributed by atoms with Gasteiger partial charge in [-0.1, -0.05) is 50.5 Å². The highest BCUT2D eigenvalue weighted by atomic mass is 15.1. The molecule has 0 aliphatic heterocycles. The number of nitrogens with two attached hydrogens (primary N) is 1. The zero-order valence-electron chi connectivity index (χ0n) is 15.2. The molecule has 0 fully saturated rings. The summed E-state index contributed by atoms with van der Waals surface area (Å²) < 4.78 is 0. The molecule has 0 spiro atoms. The highest BCUT2D eigenvalue weighted by Gasteiger charge is 2.13. The van der Waals surface area contributed by atoms with E-state index in [-0.39, 0.29) is 6.04 Å². The quantitative estimate of drug-likeness (QED) is 0.792. The van der Waals surface area contributed by atoms with Crippen LogP contribution < -0.4 is 10.6 Å². The van der Waals surface area contributed by atoms with Crippen LogP contribution in [0.3, 0.4) is 0 Å². The fourth-order valence-corrected chi connectivity index (χ4v) is 2.70. The molecule has 2 aromatic rings. The first kappa shape index (κ1) is 18.1. The van der Waals surface area contributed by atoms with Gasteiger partial charge < -0.3 is 10.6 Å². The minimum Gasteiger partial charge on any atom is -0.373 e. The van der Waals surface area contributed by atoms with Gasteiger partial charge in [-0.25, -0.2) is 0 Å². The van der Waals surface area contributed by atoms with Crippen molar-refractivity contribution in [1.29, 1.82) is 0 Å². The van der Waals surface area contributed by atoms with Crippen LogP contribution in [0.25, 0.3) is 11.1 Å². The summed E-state index contributed by atoms with van der Waals surface area (Å²) in [4.78, 5) is 2.24. The van der Waals surface area contributed by atoms with Gasteiger partial charge >= 0.3 is 0 Å². The first-order chi connectivity index (χ1) is 11.5. The monoisotopic (exact) mass is 320 g/mol. The molecule has 0 saturated carbocycles. The summed E-state index contributed by atoms with van der Waals surface area (Å²) in [6.07, 6.45) is 1.12. The molecule has 2 aromatic carbocycles. The van der Waals surface area contributed by atoms with E-state index < -0.39 is 0 Å². The second-order valence-corrected chi connectivity index (χ2v) is 6.43. The molecule has 0 aromatic heterocycles. The van der Waals surface area contributed by atoms with Gasteiger partial charge in [-0.3, -0.25) is 0 Å². The smallest absolute Gasteiger partial charge is 0.0364 e. The summed E-state index contributed by atoms with van der Waals surface area (Å²) in [7, 11) is 2.11. The van der Waals surface area contributed by atoms with Crippen molar-refractivity contribution < 1.29 is 0 Å². The molecular weight excluding hydrogens is 292 g/mol. The third-order valence-corrected chi connectivity index (χ3v) is 4.66. The summed E-state index contributed by atoms with van der Waals surface area (Å²) in [6.45, 7) is 7.14. The van der Waals surface area contributed by atoms with E-state index in [4.69, 9.17) is 5.73 Å². The van der Waals surface area contributed by atoms with Gasteiger partial charge in [0.25, 0.3) is 0 Å². The van der Waals surface area contributed by atoms with E-state index in [1.54, 1.807) is 0 Å². The van der Waals surface area contributed by atoms with Crippen LogP contribution >= 0.6 is 0 Å². The summed E-state index contributed by atoms with van der Waals surface area (Å²) in [5, 5.41) is 0. The van der Waals surface area contributed by atoms with Crippen molar-refractivity contribution in [3.63, 3.8) is 0 Å². The zero-order valence-corrected chi connectivity index (χ0v) is 15.2. The lowest BCUT2D eigenvalue weighted by molar-refractivity contribution is 0.444. The van der Waals surface area contributed by atoms with Gasteiger partial charge in [0.2, 0.25) is 0 Å². The number of nitrogens with zero attached hydrogens (tertiary/aromatic N) is 1. The van der Waals surface area contributed by atoms with Crippen molar-refractivity contribution in [3.05, 3.63) is 54.1 Å². The molecule has 0 heterocycles. The molecule has 0 saturated heterocycles. The molecule has 0 bridgehead atoms. The number of hydrogen-bond donors (Lipinski definition) is 1. The minimum atomic E-state index is 0.201. The van der Waals surface area contributed by atoms with E-state index in [0.717, 1.165) is 18.5 Å². The topological polar surface area (TPSA) is 29.3 Å². The second-order valence-electron chi connectivity index (χ2n) is 6.43. The molecule has 2 nitrogen and oxygen atoms in total. The van der Waals surface area contributed by atoms with Crippen molar-refractivity contribution in [2.24, 2.45) is 11.7 Å². The molecule has 24 heavy (non-hydrogen) atoms. The van der Waals surface area contributed by atoms with Crippen molar-refractivity contribution in [3.8, 4) is 23.0 Å². The third-order valence-electron chi connectivity index (χ3n) is 4.66. The molecule has 1 unspecified atom stereocenters. The summed E-state index contributed by atoms with van der Waals surface area (Å²) in [5.41, 5.74) is 11.0. The van der Waals surface area contributed by atoms with Crippen molar-refractivity contribution >= 4 is 5.69 Å². The van der Waals surface area contributed by atoms with Crippen molar-refractivity contribution in [2.75, 3.05) is 18.5 Å². The van der Waals surface area contributed by atoms with E-state index in [1.807, 2.05) is 6.92 Å². The fraction of sp³-hybridized carbons (Fsp3) is 0.364. The van der Waals surface area contributed by atoms with E-state index in [0.29, 0.717) is 5.92 Å². The zero-order chi connectivity index (χ0) is 17.5. The predicted molar refractivity (Wildman–Crippen MR) is 105 cm³/mol. The minimum absolute atomic E-state index is 0.201. The summed E-state index contributed by atoms with van der Waals surface area (Å²) >= 11 is 0. The third kappa shape index (κ3) is 4.63. The first-order valence-corrected chi connectivity index (χ1v) is 8.65. The molecule has 2 N–H and O–H groups in total. The van der Waals surface area contributed by atoms with E-state index in [1.165, 1.54) is 16.8 Å². The molecule has 2 atom stereocenters. The van der Waals surface area contributed by atoms with E-state index in [9.17, 15) is 0 Å². The average Bonchev–Trinajstić information content (AvgIpc) is 2.62. The van der Waals surface area contributed by atoms with E-state index in [2.05, 4.69) is 86.2 Å². The Balaban J connectivity index is 2.07. The van der Waals surface area contributed by atoms with Crippen LogP contribution in [-0.2, 0) is 0 Å². The Bertz CT molecular complexity index is 689. The largest absolute Gasteiger partial charge is 0.373 e. The van der Waals surface area contributed by atoms with Gasteiger partial charge in [-0.05, 0) is 48.2 Å². The van der Waals surface area contributed by atoms with Gasteiger partial charge in [0, 0.05) is 30.9 Å². The van der Waals surface area contributed by atoms with Crippen LogP contribution in [0.15, 0.2) is 48.5 Å². The van der Waals surface area contributed by atoms with Crippen LogP contribution in [0.5, 0.6) is 0 Å². The lowest BCUT2D eigenvalue weighted by atomic mass is 9.99. The Kier molecular flexibility index (Phi) is 6.46. The van der Waals surface area contributed by atoms with Gasteiger partial charge in [0.05, 0.1) is 0 Å². The standard InChI is InChI=1S/C22H28N2/c1-5-7-18-8-10-19(11-9-18)20-12-14-21(15-13-20)24(4)16-22(23)17(3)6-2/h8-15,17,22H,6,16,23H2,1-4H3/t17-,22?/m0/s1. The molecule has 0 aliphatic carbocycles. The highest BCUT2D eigenvalue weighted by Crippen LogP contribution is 2.23. The first-order valence-electron chi connectivity index (χ1n) is 8.65. The molecular formula is C22H28N2. The summed E-state index contributed by atoms with van der Waals surface area (Å²) in [6, 6.07) is 17.2. The van der Waals surface area contributed by atoms with Gasteiger partial charge in [0.1, 0.15) is 0 Å². The maximum atomic E-state index is 6.27. The fourth-order valence-electron chi connectivity index (χ4n) is 2.70. The van der Waals surface area contributed by atoms with Crippen LogP contribution in [0.4, 0.5) is 5.69 Å². The van der Waals surface area contributed by atoms with Crippen LogP contribution in [0, 0.1) is 17.8 Å². The Morgan fingerprint density at radius 1 is 1.00 bits per heavy atom. The number of anilines is 1. The molecule has 0 radical (unpaired) electrons. The Labute approximate surface area is 146 Å². The number of rotatable bonds is 6.